The van der Waals surface area contributed by atoms with Crippen LogP contribution in [-0.2, 0) is 12.0 Å². The Kier molecular flexibility index (Phi) is 3.79. The molecule has 2 aromatic heterocycles. The maximum atomic E-state index is 11.5. The Morgan fingerprint density at radius 1 is 1.40 bits per heavy atom. The van der Waals surface area contributed by atoms with Gasteiger partial charge in [0.05, 0.1) is 17.1 Å². The van der Waals surface area contributed by atoms with Gasteiger partial charge in [0.1, 0.15) is 0 Å². The number of pyridine rings is 1. The summed E-state index contributed by atoms with van der Waals surface area (Å²) in [5.74, 6) is -0.932. The van der Waals surface area contributed by atoms with E-state index in [2.05, 4.69) is 17.0 Å². The van der Waals surface area contributed by atoms with Gasteiger partial charge in [-0.1, -0.05) is 34.1 Å². The van der Waals surface area contributed by atoms with Crippen LogP contribution < -0.4 is 0 Å². The van der Waals surface area contributed by atoms with Gasteiger partial charge in [-0.3, -0.25) is 0 Å². The number of aromatic nitrogens is 3. The van der Waals surface area contributed by atoms with Gasteiger partial charge < -0.3 is 5.11 Å². The number of carboxylic acid groups (broad SMARTS) is 1. The third-order valence-electron chi connectivity index (χ3n) is 3.33. The smallest absolute Gasteiger partial charge is 0.336 e. The van der Waals surface area contributed by atoms with E-state index < -0.39 is 5.97 Å². The molecule has 2 rings (SSSR count). The van der Waals surface area contributed by atoms with Crippen molar-refractivity contribution in [3.63, 3.8) is 0 Å². The molecule has 20 heavy (non-hydrogen) atoms. The van der Waals surface area contributed by atoms with Gasteiger partial charge >= 0.3 is 5.97 Å². The molecule has 0 bridgehead atoms. The number of hydrogen-bond donors (Lipinski definition) is 1. The van der Waals surface area contributed by atoms with Crippen molar-refractivity contribution in [3.8, 4) is 0 Å². The monoisotopic (exact) mass is 275 g/mol. The van der Waals surface area contributed by atoms with Gasteiger partial charge in [0.25, 0.3) is 0 Å². The Morgan fingerprint density at radius 2 is 2.10 bits per heavy atom. The largest absolute Gasteiger partial charge is 0.478 e. The summed E-state index contributed by atoms with van der Waals surface area (Å²) in [6.07, 6.45) is 3.67. The molecular weight excluding hydrogens is 254 g/mol. The predicted octanol–water partition coefficient (Wildman–Crippen LogP) is 3.23. The highest BCUT2D eigenvalue weighted by Crippen LogP contribution is 2.26. The number of carbonyl (C=O) groups is 1. The van der Waals surface area contributed by atoms with E-state index in [9.17, 15) is 9.90 Å². The summed E-state index contributed by atoms with van der Waals surface area (Å²) >= 11 is 0. The zero-order valence-corrected chi connectivity index (χ0v) is 12.5. The molecule has 2 aromatic rings. The summed E-state index contributed by atoms with van der Waals surface area (Å²) < 4.78 is 1.81. The molecule has 0 unspecified atom stereocenters. The van der Waals surface area contributed by atoms with Crippen LogP contribution in [0.5, 0.6) is 0 Å². The van der Waals surface area contributed by atoms with Gasteiger partial charge in [0, 0.05) is 17.7 Å². The molecule has 5 nitrogen and oxygen atoms in total. The third-order valence-corrected chi connectivity index (χ3v) is 3.33. The first kappa shape index (κ1) is 14.5. The van der Waals surface area contributed by atoms with Gasteiger partial charge in [-0.05, 0) is 12.5 Å². The molecule has 0 aliphatic carbocycles. The summed E-state index contributed by atoms with van der Waals surface area (Å²) in [5, 5.41) is 14.3. The number of fused-ring (bicyclic) bond motifs is 1. The van der Waals surface area contributed by atoms with E-state index in [0.29, 0.717) is 11.0 Å². The fourth-order valence-corrected chi connectivity index (χ4v) is 2.08. The van der Waals surface area contributed by atoms with Crippen molar-refractivity contribution in [1.29, 1.82) is 0 Å². The molecule has 0 aliphatic heterocycles. The minimum Gasteiger partial charge on any atom is -0.478 e. The fourth-order valence-electron chi connectivity index (χ4n) is 2.08. The Morgan fingerprint density at radius 3 is 2.65 bits per heavy atom. The van der Waals surface area contributed by atoms with Crippen molar-refractivity contribution in [2.75, 3.05) is 0 Å². The van der Waals surface area contributed by atoms with Crippen LogP contribution in [0.15, 0.2) is 12.3 Å². The Bertz CT molecular complexity index is 638. The van der Waals surface area contributed by atoms with Crippen LogP contribution in [-0.4, -0.2) is 25.8 Å². The van der Waals surface area contributed by atoms with Crippen molar-refractivity contribution in [1.82, 2.24) is 14.8 Å². The lowest BCUT2D eigenvalue weighted by Crippen LogP contribution is -2.16. The maximum Gasteiger partial charge on any atom is 0.336 e. The second-order valence-electron chi connectivity index (χ2n) is 6.07. The molecule has 0 aromatic carbocycles. The molecule has 0 amide bonds. The predicted molar refractivity (Wildman–Crippen MR) is 78.1 cm³/mol. The minimum absolute atomic E-state index is 0.196. The van der Waals surface area contributed by atoms with E-state index in [1.54, 1.807) is 16.9 Å². The van der Waals surface area contributed by atoms with Crippen LogP contribution in [0.4, 0.5) is 0 Å². The zero-order chi connectivity index (χ0) is 14.9. The lowest BCUT2D eigenvalue weighted by atomic mass is 9.90. The lowest BCUT2D eigenvalue weighted by molar-refractivity contribution is 0.0699. The molecule has 0 fully saturated rings. The second kappa shape index (κ2) is 5.23. The first-order valence-corrected chi connectivity index (χ1v) is 6.95. The van der Waals surface area contributed by atoms with Gasteiger partial charge in [-0.25, -0.2) is 14.5 Å². The number of hydrogen-bond acceptors (Lipinski definition) is 3. The Balaban J connectivity index is 2.65. The maximum absolute atomic E-state index is 11.5. The Hall–Kier alpha value is -1.91. The summed E-state index contributed by atoms with van der Waals surface area (Å²) in [4.78, 5) is 16.1. The molecule has 0 radical (unpaired) electrons. The topological polar surface area (TPSA) is 68.0 Å². The van der Waals surface area contributed by atoms with Crippen LogP contribution in [0.1, 0.15) is 56.6 Å². The molecule has 108 valence electrons. The SMILES string of the molecule is CCCCn1ncc2c(C(=O)O)cc(C(C)(C)C)nc21. The number of rotatable bonds is 4. The minimum atomic E-state index is -0.932. The highest BCUT2D eigenvalue weighted by Gasteiger charge is 2.22. The van der Waals surface area contributed by atoms with Crippen molar-refractivity contribution < 1.29 is 9.90 Å². The van der Waals surface area contributed by atoms with Crippen molar-refractivity contribution >= 4 is 17.0 Å². The summed E-state index contributed by atoms with van der Waals surface area (Å²) in [7, 11) is 0. The first-order chi connectivity index (χ1) is 9.34. The molecule has 1 N–H and O–H groups in total. The molecule has 0 atom stereocenters. The third kappa shape index (κ3) is 2.66. The fraction of sp³-hybridized carbons (Fsp3) is 0.533. The molecule has 0 saturated heterocycles. The number of unbranched alkanes of at least 4 members (excludes halogenated alkanes) is 1. The average molecular weight is 275 g/mol. The highest BCUT2D eigenvalue weighted by molar-refractivity contribution is 6.01. The summed E-state index contributed by atoms with van der Waals surface area (Å²) in [5.41, 5.74) is 1.53. The van der Waals surface area contributed by atoms with E-state index in [0.717, 1.165) is 25.1 Å². The van der Waals surface area contributed by atoms with Crippen LogP contribution in [0, 0.1) is 0 Å². The van der Waals surface area contributed by atoms with Gasteiger partial charge in [-0.2, -0.15) is 5.10 Å². The van der Waals surface area contributed by atoms with E-state index >= 15 is 0 Å². The van der Waals surface area contributed by atoms with Gasteiger partial charge in [-0.15, -0.1) is 0 Å². The first-order valence-electron chi connectivity index (χ1n) is 6.95. The second-order valence-corrected chi connectivity index (χ2v) is 6.07. The number of nitrogens with zero attached hydrogens (tertiary/aromatic N) is 3. The van der Waals surface area contributed by atoms with Crippen LogP contribution in [0.2, 0.25) is 0 Å². The standard InChI is InChI=1S/C15H21N3O2/c1-5-6-7-18-13-11(9-16-18)10(14(19)20)8-12(17-13)15(2,3)4/h8-9H,5-7H2,1-4H3,(H,19,20). The van der Waals surface area contributed by atoms with Crippen molar-refractivity contribution in [2.24, 2.45) is 0 Å². The molecule has 0 saturated carbocycles. The van der Waals surface area contributed by atoms with Crippen molar-refractivity contribution in [3.05, 3.63) is 23.5 Å². The van der Waals surface area contributed by atoms with Crippen molar-refractivity contribution in [2.45, 2.75) is 52.5 Å². The summed E-state index contributed by atoms with van der Waals surface area (Å²) in [6, 6.07) is 1.66. The highest BCUT2D eigenvalue weighted by atomic mass is 16.4. The summed E-state index contributed by atoms with van der Waals surface area (Å²) in [6.45, 7) is 8.96. The van der Waals surface area contributed by atoms with E-state index in [1.165, 1.54) is 0 Å². The number of aromatic carboxylic acids is 1. The quantitative estimate of drug-likeness (QED) is 0.930. The Labute approximate surface area is 118 Å². The number of carboxylic acids is 1. The average Bonchev–Trinajstić information content (AvgIpc) is 2.77. The van der Waals surface area contributed by atoms with E-state index in [-0.39, 0.29) is 11.0 Å². The van der Waals surface area contributed by atoms with Crippen LogP contribution in [0.3, 0.4) is 0 Å². The zero-order valence-electron chi connectivity index (χ0n) is 12.5. The van der Waals surface area contributed by atoms with Gasteiger partial charge in [0.2, 0.25) is 0 Å². The van der Waals surface area contributed by atoms with Crippen LogP contribution in [0.25, 0.3) is 11.0 Å². The molecule has 0 aliphatic rings. The molecule has 2 heterocycles. The van der Waals surface area contributed by atoms with Gasteiger partial charge in [0.15, 0.2) is 5.65 Å². The number of aryl methyl sites for hydroxylation is 1. The molecule has 5 heteroatoms. The van der Waals surface area contributed by atoms with E-state index in [1.807, 2.05) is 20.8 Å². The van der Waals surface area contributed by atoms with Crippen LogP contribution >= 0.6 is 0 Å². The molecule has 0 spiro atoms. The normalized spacial score (nSPS) is 12.0. The molecular formula is C15H21N3O2. The lowest BCUT2D eigenvalue weighted by Gasteiger charge is -2.18. The van der Waals surface area contributed by atoms with E-state index in [4.69, 9.17) is 0 Å².